The standard InChI is InChI=1S/C34H45N3O3SSi2/c1-33(2,3)42(7,8)39-27-15-11-24(12-16-27)21-30(38)37-32-31(26-19-20-41-23-26)36-29(22-35-32)25-13-17-28(18-14-25)40-43(9,10)34(4,5)6/h11-20,22-23H,21H2,1-10H3,(H,35,37,38). The third-order valence-corrected chi connectivity index (χ3v) is 18.0. The van der Waals surface area contributed by atoms with E-state index in [2.05, 4.69) is 78.0 Å². The Labute approximate surface area is 263 Å². The molecule has 0 atom stereocenters. The van der Waals surface area contributed by atoms with Crippen LogP contribution in [0, 0.1) is 0 Å². The fourth-order valence-electron chi connectivity index (χ4n) is 3.85. The SMILES string of the molecule is CC(C)(C)[Si](C)(C)Oc1ccc(CC(=O)Nc2ncc(-c3ccc(O[Si](C)(C)C(C)(C)C)cc3)nc2-c2ccsc2)cc1. The first-order valence-corrected chi connectivity index (χ1v) is 21.5. The molecule has 2 heterocycles. The number of hydrogen-bond donors (Lipinski definition) is 1. The number of carbonyl (C=O) groups excluding carboxylic acids is 1. The average molecular weight is 632 g/mol. The van der Waals surface area contributed by atoms with Crippen molar-refractivity contribution in [2.75, 3.05) is 5.32 Å². The van der Waals surface area contributed by atoms with Crippen molar-refractivity contribution >= 4 is 39.7 Å². The van der Waals surface area contributed by atoms with Crippen LogP contribution in [0.15, 0.2) is 71.6 Å². The van der Waals surface area contributed by atoms with E-state index in [-0.39, 0.29) is 22.4 Å². The molecule has 6 nitrogen and oxygen atoms in total. The highest BCUT2D eigenvalue weighted by Gasteiger charge is 2.39. The molecule has 228 valence electrons. The molecule has 0 fully saturated rings. The molecule has 0 saturated heterocycles. The second-order valence-corrected chi connectivity index (χ2v) is 24.3. The van der Waals surface area contributed by atoms with Gasteiger partial charge in [-0.15, -0.1) is 0 Å². The lowest BCUT2D eigenvalue weighted by molar-refractivity contribution is -0.115. The lowest BCUT2D eigenvalue weighted by Gasteiger charge is -2.36. The second-order valence-electron chi connectivity index (χ2n) is 14.1. The Kier molecular flexibility index (Phi) is 9.39. The van der Waals surface area contributed by atoms with Crippen LogP contribution in [0.3, 0.4) is 0 Å². The molecule has 43 heavy (non-hydrogen) atoms. The monoisotopic (exact) mass is 631 g/mol. The first-order valence-electron chi connectivity index (χ1n) is 14.7. The normalized spacial score (nSPS) is 12.6. The highest BCUT2D eigenvalue weighted by molar-refractivity contribution is 7.08. The van der Waals surface area contributed by atoms with Crippen molar-refractivity contribution in [3.05, 3.63) is 77.1 Å². The fraction of sp³-hybridized carbons (Fsp3) is 0.382. The predicted molar refractivity (Wildman–Crippen MR) is 185 cm³/mol. The quantitative estimate of drug-likeness (QED) is 0.186. The maximum Gasteiger partial charge on any atom is 0.250 e. The van der Waals surface area contributed by atoms with E-state index >= 15 is 0 Å². The Hall–Kier alpha value is -3.28. The number of amides is 1. The van der Waals surface area contributed by atoms with E-state index in [1.165, 1.54) is 0 Å². The Morgan fingerprint density at radius 3 is 1.81 bits per heavy atom. The molecule has 0 unspecified atom stereocenters. The van der Waals surface area contributed by atoms with E-state index in [0.29, 0.717) is 11.5 Å². The van der Waals surface area contributed by atoms with Crippen molar-refractivity contribution in [2.24, 2.45) is 0 Å². The minimum atomic E-state index is -1.93. The van der Waals surface area contributed by atoms with Gasteiger partial charge in [-0.25, -0.2) is 9.97 Å². The number of carbonyl (C=O) groups is 1. The van der Waals surface area contributed by atoms with Crippen LogP contribution in [-0.2, 0) is 11.2 Å². The van der Waals surface area contributed by atoms with Crippen molar-refractivity contribution in [2.45, 2.75) is 84.2 Å². The molecule has 0 saturated carbocycles. The van der Waals surface area contributed by atoms with Crippen molar-refractivity contribution in [3.8, 4) is 34.0 Å². The van der Waals surface area contributed by atoms with Gasteiger partial charge in [-0.05, 0) is 89.7 Å². The minimum Gasteiger partial charge on any atom is -0.544 e. The lowest BCUT2D eigenvalue weighted by atomic mass is 10.1. The van der Waals surface area contributed by atoms with E-state index in [9.17, 15) is 4.79 Å². The average Bonchev–Trinajstić information content (AvgIpc) is 3.44. The van der Waals surface area contributed by atoms with Gasteiger partial charge in [0.05, 0.1) is 18.3 Å². The summed E-state index contributed by atoms with van der Waals surface area (Å²) in [4.78, 5) is 22.7. The zero-order valence-electron chi connectivity index (χ0n) is 27.2. The summed E-state index contributed by atoms with van der Waals surface area (Å²) in [5.41, 5.74) is 4.13. The maximum absolute atomic E-state index is 13.1. The number of nitrogens with one attached hydrogen (secondary N) is 1. The molecule has 0 aliphatic rings. The van der Waals surface area contributed by atoms with Gasteiger partial charge in [0.1, 0.15) is 17.2 Å². The zero-order chi connectivity index (χ0) is 31.6. The van der Waals surface area contributed by atoms with Crippen molar-refractivity contribution in [1.29, 1.82) is 0 Å². The number of rotatable bonds is 9. The first-order chi connectivity index (χ1) is 19.9. The molecule has 9 heteroatoms. The molecule has 0 spiro atoms. The summed E-state index contributed by atoms with van der Waals surface area (Å²) in [6.45, 7) is 22.3. The molecule has 0 bridgehead atoms. The van der Waals surface area contributed by atoms with E-state index in [0.717, 1.165) is 33.9 Å². The predicted octanol–water partition coefficient (Wildman–Crippen LogP) is 9.82. The maximum atomic E-state index is 13.1. The zero-order valence-corrected chi connectivity index (χ0v) is 30.0. The molecule has 0 aliphatic heterocycles. The molecule has 0 aliphatic carbocycles. The summed E-state index contributed by atoms with van der Waals surface area (Å²) in [6.07, 6.45) is 1.94. The van der Waals surface area contributed by atoms with Gasteiger partial charge in [-0.2, -0.15) is 11.3 Å². The number of aromatic nitrogens is 2. The molecule has 2 aromatic heterocycles. The largest absolute Gasteiger partial charge is 0.544 e. The smallest absolute Gasteiger partial charge is 0.250 e. The summed E-state index contributed by atoms with van der Waals surface area (Å²) in [6, 6.07) is 17.8. The highest BCUT2D eigenvalue weighted by Crippen LogP contribution is 2.39. The molecule has 4 rings (SSSR count). The highest BCUT2D eigenvalue weighted by atomic mass is 32.1. The summed E-state index contributed by atoms with van der Waals surface area (Å²) in [7, 11) is -3.86. The van der Waals surface area contributed by atoms with Crippen LogP contribution in [0.2, 0.25) is 36.3 Å². The van der Waals surface area contributed by atoms with Gasteiger partial charge in [0.15, 0.2) is 5.82 Å². The van der Waals surface area contributed by atoms with Gasteiger partial charge in [0, 0.05) is 16.5 Å². The van der Waals surface area contributed by atoms with E-state index in [1.54, 1.807) is 17.5 Å². The van der Waals surface area contributed by atoms with Crippen molar-refractivity contribution < 1.29 is 13.6 Å². The minimum absolute atomic E-state index is 0.116. The van der Waals surface area contributed by atoms with Gasteiger partial charge < -0.3 is 14.2 Å². The summed E-state index contributed by atoms with van der Waals surface area (Å²) >= 11 is 1.58. The van der Waals surface area contributed by atoms with Crippen LogP contribution in [-0.4, -0.2) is 32.5 Å². The summed E-state index contributed by atoms with van der Waals surface area (Å²) in [5.74, 6) is 2.01. The van der Waals surface area contributed by atoms with E-state index in [4.69, 9.17) is 13.8 Å². The molecular formula is C34H45N3O3SSi2. The third-order valence-electron chi connectivity index (χ3n) is 8.62. The van der Waals surface area contributed by atoms with Crippen LogP contribution in [0.5, 0.6) is 11.5 Å². The molecule has 4 aromatic rings. The molecule has 0 radical (unpaired) electrons. The van der Waals surface area contributed by atoms with Gasteiger partial charge in [0.25, 0.3) is 0 Å². The van der Waals surface area contributed by atoms with Gasteiger partial charge in [-0.1, -0.05) is 53.7 Å². The second kappa shape index (κ2) is 12.4. The molecule has 1 amide bonds. The molecule has 1 N–H and O–H groups in total. The van der Waals surface area contributed by atoms with Crippen molar-refractivity contribution in [3.63, 3.8) is 0 Å². The Morgan fingerprint density at radius 2 is 1.33 bits per heavy atom. The Morgan fingerprint density at radius 1 is 0.791 bits per heavy atom. The Bertz CT molecular complexity index is 1540. The van der Waals surface area contributed by atoms with E-state index < -0.39 is 16.6 Å². The Balaban J connectivity index is 1.49. The van der Waals surface area contributed by atoms with Gasteiger partial charge in [-0.3, -0.25) is 4.79 Å². The summed E-state index contributed by atoms with van der Waals surface area (Å²) < 4.78 is 12.8. The third kappa shape index (κ3) is 8.01. The van der Waals surface area contributed by atoms with Crippen LogP contribution in [0.25, 0.3) is 22.5 Å². The van der Waals surface area contributed by atoms with Crippen LogP contribution in [0.1, 0.15) is 47.1 Å². The number of thiophene rings is 1. The first kappa shape index (κ1) is 32.6. The molecule has 2 aromatic carbocycles. The number of anilines is 1. The number of hydrogen-bond acceptors (Lipinski definition) is 6. The summed E-state index contributed by atoms with van der Waals surface area (Å²) in [5, 5.41) is 7.25. The molecular weight excluding hydrogens is 587 g/mol. The van der Waals surface area contributed by atoms with Crippen LogP contribution in [0.4, 0.5) is 5.82 Å². The lowest BCUT2D eigenvalue weighted by Crippen LogP contribution is -2.43. The van der Waals surface area contributed by atoms with Crippen molar-refractivity contribution in [1.82, 2.24) is 9.97 Å². The van der Waals surface area contributed by atoms with Gasteiger partial charge >= 0.3 is 0 Å². The topological polar surface area (TPSA) is 73.3 Å². The fourth-order valence-corrected chi connectivity index (χ4v) is 6.55. The van der Waals surface area contributed by atoms with E-state index in [1.807, 2.05) is 65.4 Å². The number of nitrogens with zero attached hydrogens (tertiary/aromatic N) is 2. The van der Waals surface area contributed by atoms with Crippen LogP contribution >= 0.6 is 11.3 Å². The number of benzene rings is 2. The van der Waals surface area contributed by atoms with Gasteiger partial charge in [0.2, 0.25) is 22.5 Å². The van der Waals surface area contributed by atoms with Crippen LogP contribution < -0.4 is 14.2 Å².